The van der Waals surface area contributed by atoms with Crippen LogP contribution < -0.4 is 5.32 Å². The summed E-state index contributed by atoms with van der Waals surface area (Å²) in [7, 11) is 2.70. The second-order valence-electron chi connectivity index (χ2n) is 5.53. The van der Waals surface area contributed by atoms with Gasteiger partial charge in [-0.25, -0.2) is 0 Å². The molecule has 28 heavy (non-hydrogen) atoms. The Hall–Kier alpha value is -2.34. The summed E-state index contributed by atoms with van der Waals surface area (Å²) < 4.78 is 86.7. The standard InChI is InChI=1S/C16H18F6N2O4/c1-27-5-3-24(4-6-28-2)14(26)13(25)23-12-8-10(15(17,18)19)7-11(9-12)16(20,21)22/h7-9H,3-6H2,1-2H3,(H,23,25). The molecule has 6 nitrogen and oxygen atoms in total. The molecule has 0 unspecified atom stereocenters. The van der Waals surface area contributed by atoms with Crippen molar-refractivity contribution >= 4 is 17.5 Å². The van der Waals surface area contributed by atoms with Gasteiger partial charge in [0.25, 0.3) is 0 Å². The number of benzene rings is 1. The Kier molecular flexibility index (Phi) is 8.24. The van der Waals surface area contributed by atoms with Gasteiger partial charge >= 0.3 is 24.2 Å². The lowest BCUT2D eigenvalue weighted by Crippen LogP contribution is -2.43. The highest BCUT2D eigenvalue weighted by Gasteiger charge is 2.37. The van der Waals surface area contributed by atoms with Crippen molar-refractivity contribution in [3.05, 3.63) is 29.3 Å². The molecular weight excluding hydrogens is 398 g/mol. The predicted octanol–water partition coefficient (Wildman–Crippen LogP) is 2.78. The molecule has 0 spiro atoms. The molecule has 0 fully saturated rings. The highest BCUT2D eigenvalue weighted by molar-refractivity contribution is 6.39. The largest absolute Gasteiger partial charge is 0.416 e. The number of alkyl halides is 6. The first-order chi connectivity index (χ1) is 12.9. The molecule has 12 heteroatoms. The lowest BCUT2D eigenvalue weighted by molar-refractivity contribution is -0.144. The van der Waals surface area contributed by atoms with Gasteiger partial charge in [0, 0.05) is 33.0 Å². The summed E-state index contributed by atoms with van der Waals surface area (Å²) in [5.41, 5.74) is -4.03. The average molecular weight is 416 g/mol. The molecule has 1 aromatic rings. The van der Waals surface area contributed by atoms with Gasteiger partial charge in [0.2, 0.25) is 0 Å². The number of anilines is 1. The van der Waals surface area contributed by atoms with Gasteiger partial charge in [-0.15, -0.1) is 0 Å². The molecule has 0 saturated heterocycles. The summed E-state index contributed by atoms with van der Waals surface area (Å²) in [6.45, 7) is 0.0695. The molecule has 1 N–H and O–H groups in total. The van der Waals surface area contributed by atoms with Gasteiger partial charge in [0.15, 0.2) is 0 Å². The Bertz CT molecular complexity index is 650. The second-order valence-corrected chi connectivity index (χ2v) is 5.53. The summed E-state index contributed by atoms with van der Waals surface area (Å²) >= 11 is 0. The number of carbonyl (C=O) groups is 2. The topological polar surface area (TPSA) is 67.9 Å². The van der Waals surface area contributed by atoms with E-state index in [9.17, 15) is 35.9 Å². The van der Waals surface area contributed by atoms with Crippen LogP contribution in [0.5, 0.6) is 0 Å². The maximum Gasteiger partial charge on any atom is 0.416 e. The van der Waals surface area contributed by atoms with Gasteiger partial charge in [-0.05, 0) is 18.2 Å². The van der Waals surface area contributed by atoms with E-state index in [1.807, 2.05) is 0 Å². The molecule has 0 atom stereocenters. The van der Waals surface area contributed by atoms with E-state index in [2.05, 4.69) is 0 Å². The van der Waals surface area contributed by atoms with Crippen molar-refractivity contribution in [2.24, 2.45) is 0 Å². The van der Waals surface area contributed by atoms with Gasteiger partial charge in [-0.1, -0.05) is 0 Å². The van der Waals surface area contributed by atoms with Crippen LogP contribution in [0.25, 0.3) is 0 Å². The zero-order valence-electron chi connectivity index (χ0n) is 14.9. The smallest absolute Gasteiger partial charge is 0.383 e. The van der Waals surface area contributed by atoms with Gasteiger partial charge in [-0.2, -0.15) is 26.3 Å². The van der Waals surface area contributed by atoms with E-state index in [0.717, 1.165) is 4.90 Å². The maximum absolute atomic E-state index is 12.9. The van der Waals surface area contributed by atoms with Crippen molar-refractivity contribution in [2.75, 3.05) is 45.8 Å². The molecular formula is C16H18F6N2O4. The fourth-order valence-electron chi connectivity index (χ4n) is 2.07. The first kappa shape index (κ1) is 23.7. The number of nitrogens with one attached hydrogen (secondary N) is 1. The number of hydrogen-bond acceptors (Lipinski definition) is 4. The van der Waals surface area contributed by atoms with Crippen molar-refractivity contribution < 1.29 is 45.4 Å². The number of hydrogen-bond donors (Lipinski definition) is 1. The minimum absolute atomic E-state index is 0.0253. The molecule has 1 aromatic carbocycles. The van der Waals surface area contributed by atoms with E-state index < -0.39 is 41.0 Å². The number of nitrogens with zero attached hydrogens (tertiary/aromatic N) is 1. The van der Waals surface area contributed by atoms with E-state index in [1.54, 1.807) is 5.32 Å². The second kappa shape index (κ2) is 9.73. The van der Waals surface area contributed by atoms with Crippen LogP contribution in [0.2, 0.25) is 0 Å². The lowest BCUT2D eigenvalue weighted by Gasteiger charge is -2.21. The van der Waals surface area contributed by atoms with Crippen LogP contribution in [0, 0.1) is 0 Å². The first-order valence-electron chi connectivity index (χ1n) is 7.77. The molecule has 0 aliphatic carbocycles. The molecule has 0 aliphatic heterocycles. The number of rotatable bonds is 7. The number of halogens is 6. The Labute approximate surface area is 156 Å². The van der Waals surface area contributed by atoms with Crippen LogP contribution in [0.3, 0.4) is 0 Å². The Balaban J connectivity index is 3.10. The SMILES string of the molecule is COCCN(CCOC)C(=O)C(=O)Nc1cc(C(F)(F)F)cc(C(F)(F)F)c1. The van der Waals surface area contributed by atoms with E-state index in [4.69, 9.17) is 9.47 Å². The van der Waals surface area contributed by atoms with Crippen LogP contribution >= 0.6 is 0 Å². The summed E-state index contributed by atoms with van der Waals surface area (Å²) in [6, 6.07) is 0.547. The Morgan fingerprint density at radius 2 is 1.32 bits per heavy atom. The van der Waals surface area contributed by atoms with Crippen molar-refractivity contribution in [1.82, 2.24) is 4.90 Å². The third-order valence-corrected chi connectivity index (χ3v) is 3.46. The number of ether oxygens (including phenoxy) is 2. The van der Waals surface area contributed by atoms with Crippen molar-refractivity contribution in [2.45, 2.75) is 12.4 Å². The van der Waals surface area contributed by atoms with E-state index in [-0.39, 0.29) is 32.4 Å². The van der Waals surface area contributed by atoms with Gasteiger partial charge in [0.05, 0.1) is 24.3 Å². The van der Waals surface area contributed by atoms with Crippen LogP contribution in [0.15, 0.2) is 18.2 Å². The van der Waals surface area contributed by atoms with Crippen molar-refractivity contribution in [3.63, 3.8) is 0 Å². The minimum Gasteiger partial charge on any atom is -0.383 e. The molecule has 0 aliphatic rings. The van der Waals surface area contributed by atoms with Gasteiger partial charge < -0.3 is 19.7 Å². The summed E-state index contributed by atoms with van der Waals surface area (Å²) in [6.07, 6.45) is -10.2. The highest BCUT2D eigenvalue weighted by atomic mass is 19.4. The number of methoxy groups -OCH3 is 2. The zero-order chi connectivity index (χ0) is 21.5. The molecule has 0 bridgehead atoms. The molecule has 0 radical (unpaired) electrons. The van der Waals surface area contributed by atoms with E-state index in [1.165, 1.54) is 14.2 Å². The fourth-order valence-corrected chi connectivity index (χ4v) is 2.07. The van der Waals surface area contributed by atoms with Crippen molar-refractivity contribution in [1.29, 1.82) is 0 Å². The monoisotopic (exact) mass is 416 g/mol. The van der Waals surface area contributed by atoms with E-state index >= 15 is 0 Å². The summed E-state index contributed by atoms with van der Waals surface area (Å²) in [4.78, 5) is 25.2. The average Bonchev–Trinajstić information content (AvgIpc) is 2.59. The molecule has 0 heterocycles. The third-order valence-electron chi connectivity index (χ3n) is 3.46. The third kappa shape index (κ3) is 7.00. The zero-order valence-corrected chi connectivity index (χ0v) is 14.9. The van der Waals surface area contributed by atoms with Crippen LogP contribution in [-0.4, -0.2) is 57.2 Å². The predicted molar refractivity (Wildman–Crippen MR) is 85.4 cm³/mol. The summed E-state index contributed by atoms with van der Waals surface area (Å²) in [5, 5.41) is 1.79. The molecule has 2 amide bonds. The minimum atomic E-state index is -5.08. The van der Waals surface area contributed by atoms with Crippen LogP contribution in [-0.2, 0) is 31.4 Å². The summed E-state index contributed by atoms with van der Waals surface area (Å²) in [5.74, 6) is -2.54. The molecule has 0 saturated carbocycles. The van der Waals surface area contributed by atoms with Gasteiger partial charge in [-0.3, -0.25) is 9.59 Å². The van der Waals surface area contributed by atoms with E-state index in [0.29, 0.717) is 12.1 Å². The molecule has 1 rings (SSSR count). The molecule has 158 valence electrons. The van der Waals surface area contributed by atoms with Crippen molar-refractivity contribution in [3.8, 4) is 0 Å². The Morgan fingerprint density at radius 1 is 0.893 bits per heavy atom. The van der Waals surface area contributed by atoms with Crippen LogP contribution in [0.4, 0.5) is 32.0 Å². The maximum atomic E-state index is 12.9. The fraction of sp³-hybridized carbons (Fsp3) is 0.500. The quantitative estimate of drug-likeness (QED) is 0.549. The van der Waals surface area contributed by atoms with Crippen LogP contribution in [0.1, 0.15) is 11.1 Å². The lowest BCUT2D eigenvalue weighted by atomic mass is 10.1. The Morgan fingerprint density at radius 3 is 1.68 bits per heavy atom. The highest BCUT2D eigenvalue weighted by Crippen LogP contribution is 2.37. The molecule has 0 aromatic heterocycles. The number of amides is 2. The number of carbonyl (C=O) groups excluding carboxylic acids is 2. The first-order valence-corrected chi connectivity index (χ1v) is 7.77. The van der Waals surface area contributed by atoms with Gasteiger partial charge in [0.1, 0.15) is 0 Å². The normalized spacial score (nSPS) is 12.0.